The molecule has 0 radical (unpaired) electrons. The van der Waals surface area contributed by atoms with Crippen LogP contribution in [-0.2, 0) is 6.54 Å². The van der Waals surface area contributed by atoms with E-state index in [-0.39, 0.29) is 0 Å². The molecule has 0 N–H and O–H groups in total. The summed E-state index contributed by atoms with van der Waals surface area (Å²) in [5.41, 5.74) is 1.73. The minimum atomic E-state index is 0.590. The van der Waals surface area contributed by atoms with Crippen molar-refractivity contribution in [1.29, 1.82) is 0 Å². The molecule has 0 saturated heterocycles. The van der Waals surface area contributed by atoms with Crippen molar-refractivity contribution in [2.75, 3.05) is 7.11 Å². The van der Waals surface area contributed by atoms with Gasteiger partial charge in [-0.05, 0) is 28.9 Å². The molecule has 0 spiro atoms. The summed E-state index contributed by atoms with van der Waals surface area (Å²) in [5.74, 6) is 0.590. The SMILES string of the molecule is CCn1cnc2cc(Br)c(OC)nc21. The van der Waals surface area contributed by atoms with Gasteiger partial charge < -0.3 is 9.30 Å². The molecule has 0 unspecified atom stereocenters. The lowest BCUT2D eigenvalue weighted by Gasteiger charge is -2.03. The molecule has 74 valence electrons. The highest BCUT2D eigenvalue weighted by Crippen LogP contribution is 2.25. The number of halogens is 1. The molecule has 0 fully saturated rings. The molecule has 0 aliphatic heterocycles. The Hall–Kier alpha value is -1.10. The fourth-order valence-electron chi connectivity index (χ4n) is 1.32. The summed E-state index contributed by atoms with van der Waals surface area (Å²) in [6.07, 6.45) is 1.78. The molecule has 2 aromatic heterocycles. The first kappa shape index (κ1) is 9.45. The largest absolute Gasteiger partial charge is 0.480 e. The van der Waals surface area contributed by atoms with Crippen LogP contribution in [0, 0.1) is 0 Å². The fraction of sp³-hybridized carbons (Fsp3) is 0.333. The van der Waals surface area contributed by atoms with Gasteiger partial charge in [-0.3, -0.25) is 0 Å². The lowest BCUT2D eigenvalue weighted by Crippen LogP contribution is -1.95. The number of nitrogens with zero attached hydrogens (tertiary/aromatic N) is 3. The van der Waals surface area contributed by atoms with E-state index in [1.807, 2.05) is 10.6 Å². The zero-order valence-electron chi connectivity index (χ0n) is 7.99. The number of aromatic nitrogens is 3. The monoisotopic (exact) mass is 255 g/mol. The molecule has 4 nitrogen and oxygen atoms in total. The first-order valence-corrected chi connectivity index (χ1v) is 5.11. The van der Waals surface area contributed by atoms with Crippen LogP contribution in [0.5, 0.6) is 5.88 Å². The predicted octanol–water partition coefficient (Wildman–Crippen LogP) is 2.22. The minimum absolute atomic E-state index is 0.590. The third-order valence-corrected chi connectivity index (χ3v) is 2.61. The highest BCUT2D eigenvalue weighted by atomic mass is 79.9. The number of imidazole rings is 1. The molecule has 0 saturated carbocycles. The number of rotatable bonds is 2. The van der Waals surface area contributed by atoms with Crippen LogP contribution in [-0.4, -0.2) is 21.6 Å². The highest BCUT2D eigenvalue weighted by molar-refractivity contribution is 9.10. The summed E-state index contributed by atoms with van der Waals surface area (Å²) in [7, 11) is 1.60. The van der Waals surface area contributed by atoms with Crippen LogP contribution < -0.4 is 4.74 Å². The van der Waals surface area contributed by atoms with Crippen LogP contribution in [0.4, 0.5) is 0 Å². The Kier molecular flexibility index (Phi) is 2.41. The van der Waals surface area contributed by atoms with Gasteiger partial charge in [0.25, 0.3) is 0 Å². The van der Waals surface area contributed by atoms with Gasteiger partial charge in [-0.25, -0.2) is 4.98 Å². The summed E-state index contributed by atoms with van der Waals surface area (Å²) in [5, 5.41) is 0. The molecule has 2 heterocycles. The maximum Gasteiger partial charge on any atom is 0.229 e. The molecular weight excluding hydrogens is 246 g/mol. The highest BCUT2D eigenvalue weighted by Gasteiger charge is 2.08. The van der Waals surface area contributed by atoms with Crippen LogP contribution in [0.25, 0.3) is 11.2 Å². The van der Waals surface area contributed by atoms with Crippen molar-refractivity contribution in [3.8, 4) is 5.88 Å². The van der Waals surface area contributed by atoms with Crippen LogP contribution in [0.2, 0.25) is 0 Å². The van der Waals surface area contributed by atoms with E-state index in [2.05, 4.69) is 32.8 Å². The predicted molar refractivity (Wildman–Crippen MR) is 57.5 cm³/mol. The van der Waals surface area contributed by atoms with Gasteiger partial charge in [0.05, 0.1) is 17.9 Å². The summed E-state index contributed by atoms with van der Waals surface area (Å²) in [4.78, 5) is 8.60. The first-order valence-electron chi connectivity index (χ1n) is 4.31. The average Bonchev–Trinajstić information content (AvgIpc) is 2.58. The minimum Gasteiger partial charge on any atom is -0.480 e. The van der Waals surface area contributed by atoms with E-state index in [0.717, 1.165) is 22.2 Å². The van der Waals surface area contributed by atoms with Gasteiger partial charge in [-0.2, -0.15) is 4.98 Å². The molecule has 5 heteroatoms. The second-order valence-electron chi connectivity index (χ2n) is 2.85. The van der Waals surface area contributed by atoms with E-state index in [4.69, 9.17) is 4.74 Å². The molecule has 0 atom stereocenters. The van der Waals surface area contributed by atoms with Crippen molar-refractivity contribution < 1.29 is 4.74 Å². The summed E-state index contributed by atoms with van der Waals surface area (Å²) in [6.45, 7) is 2.91. The normalized spacial score (nSPS) is 10.8. The Balaban J connectivity index is 2.70. The van der Waals surface area contributed by atoms with E-state index < -0.39 is 0 Å². The topological polar surface area (TPSA) is 39.9 Å². The van der Waals surface area contributed by atoms with E-state index in [0.29, 0.717) is 5.88 Å². The zero-order valence-corrected chi connectivity index (χ0v) is 9.58. The molecule has 0 bridgehead atoms. The molecule has 2 rings (SSSR count). The Morgan fingerprint density at radius 2 is 2.36 bits per heavy atom. The average molecular weight is 256 g/mol. The van der Waals surface area contributed by atoms with Gasteiger partial charge >= 0.3 is 0 Å². The molecule has 0 amide bonds. The Labute approximate surface area is 90.0 Å². The number of methoxy groups -OCH3 is 1. The van der Waals surface area contributed by atoms with Crippen molar-refractivity contribution in [2.24, 2.45) is 0 Å². The van der Waals surface area contributed by atoms with Crippen LogP contribution in [0.15, 0.2) is 16.9 Å². The van der Waals surface area contributed by atoms with Crippen molar-refractivity contribution in [2.45, 2.75) is 13.5 Å². The molecule has 0 aliphatic rings. The van der Waals surface area contributed by atoms with E-state index in [1.165, 1.54) is 0 Å². The standard InChI is InChI=1S/C9H10BrN3O/c1-3-13-5-11-7-4-6(10)9(14-2)12-8(7)13/h4-5H,3H2,1-2H3. The second-order valence-corrected chi connectivity index (χ2v) is 3.71. The maximum absolute atomic E-state index is 5.12. The van der Waals surface area contributed by atoms with E-state index in [1.54, 1.807) is 13.4 Å². The Bertz CT molecular complexity index is 466. The van der Waals surface area contributed by atoms with Crippen molar-refractivity contribution in [3.63, 3.8) is 0 Å². The maximum atomic E-state index is 5.12. The quantitative estimate of drug-likeness (QED) is 0.827. The van der Waals surface area contributed by atoms with Gasteiger partial charge in [0.15, 0.2) is 5.65 Å². The van der Waals surface area contributed by atoms with E-state index in [9.17, 15) is 0 Å². The Morgan fingerprint density at radius 1 is 1.57 bits per heavy atom. The first-order chi connectivity index (χ1) is 6.76. The molecule has 0 aromatic carbocycles. The van der Waals surface area contributed by atoms with Crippen molar-refractivity contribution in [1.82, 2.24) is 14.5 Å². The van der Waals surface area contributed by atoms with Crippen molar-refractivity contribution in [3.05, 3.63) is 16.9 Å². The number of hydrogen-bond donors (Lipinski definition) is 0. The third kappa shape index (κ3) is 1.37. The molecule has 0 aliphatic carbocycles. The lowest BCUT2D eigenvalue weighted by molar-refractivity contribution is 0.396. The van der Waals surface area contributed by atoms with Gasteiger partial charge in [-0.1, -0.05) is 0 Å². The van der Waals surface area contributed by atoms with Crippen molar-refractivity contribution >= 4 is 27.1 Å². The van der Waals surface area contributed by atoms with Gasteiger partial charge in [-0.15, -0.1) is 0 Å². The van der Waals surface area contributed by atoms with Crippen LogP contribution in [0.1, 0.15) is 6.92 Å². The number of pyridine rings is 1. The summed E-state index contributed by atoms with van der Waals surface area (Å²) in [6, 6.07) is 1.91. The number of fused-ring (bicyclic) bond motifs is 1. The second kappa shape index (κ2) is 3.57. The zero-order chi connectivity index (χ0) is 10.1. The van der Waals surface area contributed by atoms with Crippen LogP contribution >= 0.6 is 15.9 Å². The smallest absolute Gasteiger partial charge is 0.229 e. The van der Waals surface area contributed by atoms with Gasteiger partial charge in [0, 0.05) is 6.54 Å². The number of ether oxygens (including phenoxy) is 1. The summed E-state index contributed by atoms with van der Waals surface area (Å²) >= 11 is 3.37. The molecule has 14 heavy (non-hydrogen) atoms. The van der Waals surface area contributed by atoms with Gasteiger partial charge in [0.2, 0.25) is 5.88 Å². The van der Waals surface area contributed by atoms with E-state index >= 15 is 0 Å². The number of hydrogen-bond acceptors (Lipinski definition) is 3. The fourth-order valence-corrected chi connectivity index (χ4v) is 1.79. The number of aryl methyl sites for hydroxylation is 1. The van der Waals surface area contributed by atoms with Gasteiger partial charge in [0.1, 0.15) is 5.52 Å². The molecular formula is C9H10BrN3O. The third-order valence-electron chi connectivity index (χ3n) is 2.05. The van der Waals surface area contributed by atoms with Crippen LogP contribution in [0.3, 0.4) is 0 Å². The lowest BCUT2D eigenvalue weighted by atomic mass is 10.4. The molecule has 2 aromatic rings. The summed E-state index contributed by atoms with van der Waals surface area (Å²) < 4.78 is 7.93. The Morgan fingerprint density at radius 3 is 3.00 bits per heavy atom.